The highest BCUT2D eigenvalue weighted by molar-refractivity contribution is 7.89. The Morgan fingerprint density at radius 2 is 1.89 bits per heavy atom. The van der Waals surface area contributed by atoms with Crippen LogP contribution in [0.2, 0.25) is 0 Å². The third-order valence-electron chi connectivity index (χ3n) is 4.37. The van der Waals surface area contributed by atoms with Crippen LogP contribution in [0.15, 0.2) is 53.6 Å². The number of rotatable bonds is 7. The lowest BCUT2D eigenvalue weighted by molar-refractivity contribution is 0.414. The number of H-pyrrole nitrogens is 1. The van der Waals surface area contributed by atoms with Crippen LogP contribution in [0.3, 0.4) is 0 Å². The molecule has 0 aliphatic heterocycles. The fraction of sp³-hybridized carbons (Fsp3) is 0.263. The van der Waals surface area contributed by atoms with Crippen molar-refractivity contribution in [1.82, 2.24) is 19.9 Å². The Balaban J connectivity index is 1.90. The Morgan fingerprint density at radius 1 is 1.15 bits per heavy atom. The van der Waals surface area contributed by atoms with Gasteiger partial charge in [-0.3, -0.25) is 10.1 Å². The Hall–Kier alpha value is -2.71. The number of nitrogens with zero attached hydrogens (tertiary/aromatic N) is 2. The van der Waals surface area contributed by atoms with E-state index in [1.165, 1.54) is 0 Å². The quantitative estimate of drug-likeness (QED) is 0.650. The predicted molar refractivity (Wildman–Crippen MR) is 102 cm³/mol. The van der Waals surface area contributed by atoms with Crippen LogP contribution in [0.25, 0.3) is 0 Å². The summed E-state index contributed by atoms with van der Waals surface area (Å²) in [5, 5.41) is 6.69. The maximum atomic E-state index is 12.8. The van der Waals surface area contributed by atoms with Gasteiger partial charge in [0.2, 0.25) is 10.0 Å². The SMILES string of the molecule is COc1ccc(C(CNS(=O)(=O)c2c(C)n[nH]c2C)c2ccccn2)cc1. The second-order valence-electron chi connectivity index (χ2n) is 6.20. The summed E-state index contributed by atoms with van der Waals surface area (Å²) in [7, 11) is -2.09. The van der Waals surface area contributed by atoms with Gasteiger partial charge in [0.05, 0.1) is 18.5 Å². The van der Waals surface area contributed by atoms with Crippen LogP contribution in [-0.2, 0) is 10.0 Å². The molecule has 0 amide bonds. The Morgan fingerprint density at radius 3 is 2.44 bits per heavy atom. The number of pyridine rings is 1. The molecule has 0 bridgehead atoms. The molecule has 3 rings (SSSR count). The highest BCUT2D eigenvalue weighted by Gasteiger charge is 2.25. The minimum atomic E-state index is -3.70. The van der Waals surface area contributed by atoms with E-state index in [1.54, 1.807) is 27.2 Å². The molecular formula is C19H22N4O3S. The number of nitrogens with one attached hydrogen (secondary N) is 2. The van der Waals surface area contributed by atoms with Gasteiger partial charge in [-0.2, -0.15) is 5.10 Å². The monoisotopic (exact) mass is 386 g/mol. The number of sulfonamides is 1. The van der Waals surface area contributed by atoms with Crippen molar-refractivity contribution >= 4 is 10.0 Å². The summed E-state index contributed by atoms with van der Waals surface area (Å²) in [4.78, 5) is 4.60. The van der Waals surface area contributed by atoms with Gasteiger partial charge in [0, 0.05) is 24.4 Å². The lowest BCUT2D eigenvalue weighted by Gasteiger charge is -2.18. The van der Waals surface area contributed by atoms with Crippen molar-refractivity contribution in [3.8, 4) is 5.75 Å². The predicted octanol–water partition coefficient (Wildman–Crippen LogP) is 2.54. The number of aromatic amines is 1. The van der Waals surface area contributed by atoms with Crippen molar-refractivity contribution < 1.29 is 13.2 Å². The largest absolute Gasteiger partial charge is 0.497 e. The summed E-state index contributed by atoms with van der Waals surface area (Å²) in [6.45, 7) is 3.53. The summed E-state index contributed by atoms with van der Waals surface area (Å²) in [6, 6.07) is 13.1. The first kappa shape index (κ1) is 19.1. The molecule has 1 aromatic carbocycles. The standard InChI is InChI=1S/C19H22N4O3S/c1-13-19(14(2)23-22-13)27(24,25)21-12-17(18-6-4-5-11-20-18)15-7-9-16(26-3)10-8-15/h4-11,17,21H,12H2,1-3H3,(H,22,23). The molecule has 2 N–H and O–H groups in total. The zero-order chi connectivity index (χ0) is 19.4. The number of aryl methyl sites for hydroxylation is 2. The van der Waals surface area contributed by atoms with Gasteiger partial charge in [0.25, 0.3) is 0 Å². The first-order valence-corrected chi connectivity index (χ1v) is 9.97. The summed E-state index contributed by atoms with van der Waals surface area (Å²) in [5.41, 5.74) is 2.68. The molecule has 2 aromatic heterocycles. The van der Waals surface area contributed by atoms with E-state index in [2.05, 4.69) is 19.9 Å². The molecule has 142 valence electrons. The van der Waals surface area contributed by atoms with E-state index in [0.717, 1.165) is 17.0 Å². The van der Waals surface area contributed by atoms with Crippen molar-refractivity contribution in [1.29, 1.82) is 0 Å². The summed E-state index contributed by atoms with van der Waals surface area (Å²) >= 11 is 0. The molecule has 0 spiro atoms. The highest BCUT2D eigenvalue weighted by Crippen LogP contribution is 2.25. The van der Waals surface area contributed by atoms with Crippen molar-refractivity contribution in [3.63, 3.8) is 0 Å². The summed E-state index contributed by atoms with van der Waals surface area (Å²) < 4.78 is 33.5. The molecule has 1 unspecified atom stereocenters. The zero-order valence-electron chi connectivity index (χ0n) is 15.4. The average molecular weight is 386 g/mol. The van der Waals surface area contributed by atoms with E-state index in [1.807, 2.05) is 42.5 Å². The van der Waals surface area contributed by atoms with Gasteiger partial charge in [-0.1, -0.05) is 18.2 Å². The second-order valence-corrected chi connectivity index (χ2v) is 7.90. The first-order chi connectivity index (χ1) is 12.9. The maximum absolute atomic E-state index is 12.8. The minimum Gasteiger partial charge on any atom is -0.497 e. The van der Waals surface area contributed by atoms with Crippen LogP contribution >= 0.6 is 0 Å². The first-order valence-electron chi connectivity index (χ1n) is 8.48. The molecule has 0 radical (unpaired) electrons. The number of ether oxygens (including phenoxy) is 1. The molecule has 2 heterocycles. The smallest absolute Gasteiger partial charge is 0.244 e. The molecule has 0 saturated heterocycles. The Kier molecular flexibility index (Phi) is 5.57. The topological polar surface area (TPSA) is 97.0 Å². The maximum Gasteiger partial charge on any atom is 0.244 e. The van der Waals surface area contributed by atoms with Crippen molar-refractivity contribution in [2.45, 2.75) is 24.7 Å². The Bertz CT molecular complexity index is 980. The number of aromatic nitrogens is 3. The summed E-state index contributed by atoms with van der Waals surface area (Å²) in [5.74, 6) is 0.503. The number of hydrogen-bond acceptors (Lipinski definition) is 5. The fourth-order valence-corrected chi connectivity index (χ4v) is 4.43. The Labute approximate surface area is 158 Å². The van der Waals surface area contributed by atoms with Gasteiger partial charge >= 0.3 is 0 Å². The van der Waals surface area contributed by atoms with E-state index in [0.29, 0.717) is 11.4 Å². The van der Waals surface area contributed by atoms with E-state index >= 15 is 0 Å². The van der Waals surface area contributed by atoms with E-state index in [4.69, 9.17) is 4.74 Å². The van der Waals surface area contributed by atoms with Crippen molar-refractivity contribution in [2.24, 2.45) is 0 Å². The van der Waals surface area contributed by atoms with Crippen molar-refractivity contribution in [3.05, 3.63) is 71.3 Å². The average Bonchev–Trinajstić information content (AvgIpc) is 3.02. The van der Waals surface area contributed by atoms with Crippen LogP contribution in [-0.4, -0.2) is 37.3 Å². The molecule has 27 heavy (non-hydrogen) atoms. The van der Waals surface area contributed by atoms with Gasteiger partial charge in [-0.05, 0) is 43.7 Å². The van der Waals surface area contributed by atoms with Crippen LogP contribution in [0.1, 0.15) is 28.6 Å². The molecule has 1 atom stereocenters. The lowest BCUT2D eigenvalue weighted by atomic mass is 9.95. The normalized spacial score (nSPS) is 12.7. The van der Waals surface area contributed by atoms with Crippen molar-refractivity contribution in [2.75, 3.05) is 13.7 Å². The molecule has 0 aliphatic rings. The van der Waals surface area contributed by atoms with Crippen LogP contribution in [0, 0.1) is 13.8 Å². The third-order valence-corrected chi connectivity index (χ3v) is 6.06. The van der Waals surface area contributed by atoms with Gasteiger partial charge in [0.1, 0.15) is 10.6 Å². The van der Waals surface area contributed by atoms with Gasteiger partial charge in [0.15, 0.2) is 0 Å². The second kappa shape index (κ2) is 7.89. The minimum absolute atomic E-state index is 0.176. The highest BCUT2D eigenvalue weighted by atomic mass is 32.2. The molecule has 8 heteroatoms. The molecule has 0 saturated carbocycles. The summed E-state index contributed by atoms with van der Waals surface area (Å²) in [6.07, 6.45) is 1.70. The van der Waals surface area contributed by atoms with Crippen LogP contribution in [0.5, 0.6) is 5.75 Å². The molecule has 3 aromatic rings. The number of hydrogen-bond donors (Lipinski definition) is 2. The molecule has 0 fully saturated rings. The van der Waals surface area contributed by atoms with E-state index in [9.17, 15) is 8.42 Å². The molecular weight excluding hydrogens is 364 g/mol. The van der Waals surface area contributed by atoms with E-state index in [-0.39, 0.29) is 17.4 Å². The van der Waals surface area contributed by atoms with Gasteiger partial charge in [-0.15, -0.1) is 0 Å². The number of methoxy groups -OCH3 is 1. The lowest BCUT2D eigenvalue weighted by Crippen LogP contribution is -2.30. The van der Waals surface area contributed by atoms with Crippen LogP contribution < -0.4 is 9.46 Å². The van der Waals surface area contributed by atoms with Gasteiger partial charge < -0.3 is 4.74 Å². The number of benzene rings is 1. The zero-order valence-corrected chi connectivity index (χ0v) is 16.2. The van der Waals surface area contributed by atoms with E-state index < -0.39 is 10.0 Å². The third kappa shape index (κ3) is 4.17. The van der Waals surface area contributed by atoms with Gasteiger partial charge in [-0.25, -0.2) is 13.1 Å². The fourth-order valence-electron chi connectivity index (χ4n) is 3.01. The molecule has 7 nitrogen and oxygen atoms in total. The molecule has 0 aliphatic carbocycles. The van der Waals surface area contributed by atoms with Crippen LogP contribution in [0.4, 0.5) is 0 Å².